The van der Waals surface area contributed by atoms with Crippen molar-refractivity contribution in [1.29, 1.82) is 0 Å². The predicted molar refractivity (Wildman–Crippen MR) is 128 cm³/mol. The molecule has 2 aromatic carbocycles. The van der Waals surface area contributed by atoms with Gasteiger partial charge in [0.2, 0.25) is 21.8 Å². The maximum Gasteiger partial charge on any atom is 0.244 e. The fraction of sp³-hybridized carbons (Fsp3) is 0.417. The summed E-state index contributed by atoms with van der Waals surface area (Å²) in [5, 5.41) is 2.83. The van der Waals surface area contributed by atoms with Gasteiger partial charge in [-0.1, -0.05) is 42.8 Å². The van der Waals surface area contributed by atoms with E-state index in [2.05, 4.69) is 5.32 Å². The van der Waals surface area contributed by atoms with Crippen molar-refractivity contribution in [3.05, 3.63) is 65.5 Å². The van der Waals surface area contributed by atoms with Crippen LogP contribution in [0.1, 0.15) is 38.3 Å². The molecular weight excluding hydrogens is 445 g/mol. The molecule has 0 saturated carbocycles. The molecule has 0 aliphatic heterocycles. The van der Waals surface area contributed by atoms with Crippen molar-refractivity contribution in [2.24, 2.45) is 0 Å². The van der Waals surface area contributed by atoms with Gasteiger partial charge < -0.3 is 10.2 Å². The molecule has 2 aromatic rings. The Bertz CT molecular complexity index is 1070. The fourth-order valence-electron chi connectivity index (χ4n) is 3.44. The van der Waals surface area contributed by atoms with Gasteiger partial charge in [-0.15, -0.1) is 0 Å². The molecule has 1 atom stereocenters. The lowest BCUT2D eigenvalue weighted by molar-refractivity contribution is -0.140. The molecule has 2 amide bonds. The van der Waals surface area contributed by atoms with Crippen LogP contribution in [-0.4, -0.2) is 50.0 Å². The molecule has 0 unspecified atom stereocenters. The van der Waals surface area contributed by atoms with Gasteiger partial charge in [0.1, 0.15) is 18.4 Å². The Morgan fingerprint density at radius 3 is 2.24 bits per heavy atom. The number of nitrogens with zero attached hydrogens (tertiary/aromatic N) is 2. The third-order valence-electron chi connectivity index (χ3n) is 5.07. The Labute approximate surface area is 195 Å². The van der Waals surface area contributed by atoms with Crippen LogP contribution in [0.4, 0.5) is 10.1 Å². The van der Waals surface area contributed by atoms with Crippen molar-refractivity contribution in [3.63, 3.8) is 0 Å². The normalized spacial score (nSPS) is 12.3. The van der Waals surface area contributed by atoms with Crippen molar-refractivity contribution >= 4 is 27.5 Å². The zero-order valence-electron chi connectivity index (χ0n) is 19.7. The van der Waals surface area contributed by atoms with Crippen LogP contribution in [0.15, 0.2) is 48.5 Å². The lowest BCUT2D eigenvalue weighted by Crippen LogP contribution is -2.53. The monoisotopic (exact) mass is 477 g/mol. The van der Waals surface area contributed by atoms with Gasteiger partial charge >= 0.3 is 0 Å². The summed E-state index contributed by atoms with van der Waals surface area (Å²) in [6.45, 7) is 6.96. The molecule has 180 valence electrons. The van der Waals surface area contributed by atoms with Crippen LogP contribution >= 0.6 is 0 Å². The largest absolute Gasteiger partial charge is 0.352 e. The molecule has 2 rings (SSSR count). The summed E-state index contributed by atoms with van der Waals surface area (Å²) in [5.74, 6) is -1.49. The van der Waals surface area contributed by atoms with Crippen molar-refractivity contribution < 1.29 is 22.4 Å². The highest BCUT2D eigenvalue weighted by atomic mass is 32.2. The zero-order valence-corrected chi connectivity index (χ0v) is 20.5. The number of halogens is 1. The number of anilines is 1. The molecule has 0 spiro atoms. The molecule has 0 saturated heterocycles. The van der Waals surface area contributed by atoms with Gasteiger partial charge in [-0.3, -0.25) is 13.9 Å². The second kappa shape index (κ2) is 11.3. The van der Waals surface area contributed by atoms with Crippen LogP contribution in [0.25, 0.3) is 0 Å². The minimum atomic E-state index is -3.89. The second-order valence-corrected chi connectivity index (χ2v) is 10.3. The van der Waals surface area contributed by atoms with Crippen LogP contribution in [0.2, 0.25) is 0 Å². The first-order valence-electron chi connectivity index (χ1n) is 10.8. The van der Waals surface area contributed by atoms with Crippen LogP contribution in [0.5, 0.6) is 0 Å². The molecule has 0 aromatic heterocycles. The summed E-state index contributed by atoms with van der Waals surface area (Å²) in [6.07, 6.45) is 1.30. The van der Waals surface area contributed by atoms with E-state index >= 15 is 0 Å². The second-order valence-electron chi connectivity index (χ2n) is 8.34. The van der Waals surface area contributed by atoms with Gasteiger partial charge in [-0.2, -0.15) is 0 Å². The van der Waals surface area contributed by atoms with E-state index in [1.165, 1.54) is 23.1 Å². The number of rotatable bonds is 10. The number of hydrogen-bond acceptors (Lipinski definition) is 4. The van der Waals surface area contributed by atoms with E-state index in [1.807, 2.05) is 45.0 Å². The molecule has 0 bridgehead atoms. The van der Waals surface area contributed by atoms with Crippen LogP contribution in [0.3, 0.4) is 0 Å². The standard InChI is InChI=1S/C24H32FN3O4S/c1-6-22(24(30)26-17(2)3)27(15-19-12-10-18(4)11-13-19)23(29)16-28(33(5,31)32)21-9-7-8-20(25)14-21/h7-14,17,22H,6,15-16H2,1-5H3,(H,26,30)/t22-/m1/s1. The first-order valence-corrected chi connectivity index (χ1v) is 12.7. The molecule has 9 heteroatoms. The Morgan fingerprint density at radius 1 is 1.09 bits per heavy atom. The van der Waals surface area contributed by atoms with Crippen LogP contribution < -0.4 is 9.62 Å². The Kier molecular flexibility index (Phi) is 8.99. The highest BCUT2D eigenvalue weighted by molar-refractivity contribution is 7.92. The summed E-state index contributed by atoms with van der Waals surface area (Å²) in [7, 11) is -3.89. The van der Waals surface area contributed by atoms with Crippen LogP contribution in [0, 0.1) is 12.7 Å². The van der Waals surface area contributed by atoms with E-state index in [0.29, 0.717) is 6.42 Å². The van der Waals surface area contributed by atoms with Crippen molar-refractivity contribution in [3.8, 4) is 0 Å². The van der Waals surface area contributed by atoms with Crippen LogP contribution in [-0.2, 0) is 26.2 Å². The summed E-state index contributed by atoms with van der Waals surface area (Å²) in [5.41, 5.74) is 1.90. The van der Waals surface area contributed by atoms with Gasteiger partial charge in [-0.25, -0.2) is 12.8 Å². The molecule has 0 fully saturated rings. The van der Waals surface area contributed by atoms with E-state index in [4.69, 9.17) is 0 Å². The average molecular weight is 478 g/mol. The van der Waals surface area contributed by atoms with Gasteiger partial charge in [0.15, 0.2) is 0 Å². The van der Waals surface area contributed by atoms with E-state index in [-0.39, 0.29) is 24.2 Å². The molecule has 33 heavy (non-hydrogen) atoms. The summed E-state index contributed by atoms with van der Waals surface area (Å²) >= 11 is 0. The number of carbonyl (C=O) groups excluding carboxylic acids is 2. The predicted octanol–water partition coefficient (Wildman–Crippen LogP) is 3.23. The lowest BCUT2D eigenvalue weighted by atomic mass is 10.1. The number of amides is 2. The number of aryl methyl sites for hydroxylation is 1. The third kappa shape index (κ3) is 7.56. The van der Waals surface area contributed by atoms with Crippen molar-refractivity contribution in [2.45, 2.75) is 52.7 Å². The Hall–Kier alpha value is -2.94. The zero-order chi connectivity index (χ0) is 24.8. The molecule has 7 nitrogen and oxygen atoms in total. The number of benzene rings is 2. The first-order chi connectivity index (χ1) is 15.4. The van der Waals surface area contributed by atoms with Gasteiger partial charge in [0.05, 0.1) is 11.9 Å². The number of sulfonamides is 1. The Balaban J connectivity index is 2.43. The molecule has 0 aliphatic carbocycles. The number of nitrogens with one attached hydrogen (secondary N) is 1. The van der Waals surface area contributed by atoms with E-state index < -0.39 is 34.3 Å². The SMILES string of the molecule is CC[C@H](C(=O)NC(C)C)N(Cc1ccc(C)cc1)C(=O)CN(c1cccc(F)c1)S(C)(=O)=O. The molecule has 0 radical (unpaired) electrons. The van der Waals surface area contributed by atoms with E-state index in [1.54, 1.807) is 6.92 Å². The van der Waals surface area contributed by atoms with Crippen molar-refractivity contribution in [1.82, 2.24) is 10.2 Å². The fourth-order valence-corrected chi connectivity index (χ4v) is 4.28. The summed E-state index contributed by atoms with van der Waals surface area (Å²) < 4.78 is 39.6. The average Bonchev–Trinajstić information content (AvgIpc) is 2.71. The highest BCUT2D eigenvalue weighted by Crippen LogP contribution is 2.20. The quantitative estimate of drug-likeness (QED) is 0.569. The summed E-state index contributed by atoms with van der Waals surface area (Å²) in [4.78, 5) is 27.7. The maximum atomic E-state index is 13.8. The van der Waals surface area contributed by atoms with Crippen molar-refractivity contribution in [2.75, 3.05) is 17.1 Å². The minimum Gasteiger partial charge on any atom is -0.352 e. The van der Waals surface area contributed by atoms with Gasteiger partial charge in [-0.05, 0) is 51.0 Å². The molecule has 0 aliphatic rings. The van der Waals surface area contributed by atoms with Gasteiger partial charge in [0.25, 0.3) is 0 Å². The topological polar surface area (TPSA) is 86.8 Å². The summed E-state index contributed by atoms with van der Waals surface area (Å²) in [6, 6.07) is 11.7. The Morgan fingerprint density at radius 2 is 1.73 bits per heavy atom. The highest BCUT2D eigenvalue weighted by Gasteiger charge is 2.32. The first kappa shape index (κ1) is 26.3. The smallest absolute Gasteiger partial charge is 0.244 e. The number of hydrogen-bond donors (Lipinski definition) is 1. The molecule has 0 heterocycles. The number of carbonyl (C=O) groups is 2. The third-order valence-corrected chi connectivity index (χ3v) is 6.21. The minimum absolute atomic E-state index is 0.0424. The van der Waals surface area contributed by atoms with E-state index in [0.717, 1.165) is 27.8 Å². The molecular formula is C24H32FN3O4S. The van der Waals surface area contributed by atoms with E-state index in [9.17, 15) is 22.4 Å². The molecule has 1 N–H and O–H groups in total. The lowest BCUT2D eigenvalue weighted by Gasteiger charge is -2.33. The maximum absolute atomic E-state index is 13.8. The van der Waals surface area contributed by atoms with Gasteiger partial charge in [0, 0.05) is 12.6 Å².